The number of ether oxygens (including phenoxy) is 1. The Morgan fingerprint density at radius 2 is 1.37 bits per heavy atom. The van der Waals surface area contributed by atoms with E-state index in [1.54, 1.807) is 30.3 Å². The lowest BCUT2D eigenvalue weighted by atomic mass is 10.1. The number of halogens is 2. The van der Waals surface area contributed by atoms with Crippen LogP contribution in [0.2, 0.25) is 0 Å². The first-order valence-electron chi connectivity index (χ1n) is 8.16. The van der Waals surface area contributed by atoms with Crippen molar-refractivity contribution >= 4 is 62.8 Å². The highest BCUT2D eigenvalue weighted by Gasteiger charge is 2.32. The van der Waals surface area contributed by atoms with Gasteiger partial charge in [0.25, 0.3) is 0 Å². The smallest absolute Gasteiger partial charge is 0.197 e. The number of rotatable bonds is 3. The minimum Gasteiger partial charge on any atom is -0.456 e. The molecule has 3 aromatic carbocycles. The molecule has 1 aliphatic rings. The van der Waals surface area contributed by atoms with Crippen molar-refractivity contribution in [1.29, 1.82) is 0 Å². The number of allylic oxidation sites excluding steroid dienone is 1. The summed E-state index contributed by atoms with van der Waals surface area (Å²) < 4.78 is 7.98. The van der Waals surface area contributed by atoms with E-state index in [2.05, 4.69) is 45.2 Å². The number of benzene rings is 3. The van der Waals surface area contributed by atoms with Gasteiger partial charge in [-0.25, -0.2) is 0 Å². The molecule has 0 spiro atoms. The van der Waals surface area contributed by atoms with Crippen molar-refractivity contribution < 1.29 is 14.3 Å². The van der Waals surface area contributed by atoms with Crippen LogP contribution in [0.1, 0.15) is 26.3 Å². The van der Waals surface area contributed by atoms with Crippen LogP contribution < -0.4 is 4.74 Å². The van der Waals surface area contributed by atoms with E-state index < -0.39 is 0 Å². The third-order valence-corrected chi connectivity index (χ3v) is 5.63. The summed E-state index contributed by atoms with van der Waals surface area (Å²) in [4.78, 5) is 25.4. The molecule has 0 saturated carbocycles. The van der Waals surface area contributed by atoms with Gasteiger partial charge in [0.15, 0.2) is 11.6 Å². The molecule has 0 aromatic heterocycles. The van der Waals surface area contributed by atoms with Crippen LogP contribution in [0.3, 0.4) is 0 Å². The van der Waals surface area contributed by atoms with Gasteiger partial charge in [-0.3, -0.25) is 9.59 Å². The fraction of sp³-hybridized carbons (Fsp3) is 0. The average molecular weight is 578 g/mol. The molecule has 1 aliphatic carbocycles. The third kappa shape index (κ3) is 3.58. The van der Waals surface area contributed by atoms with Crippen molar-refractivity contribution in [3.05, 3.63) is 96.1 Å². The monoisotopic (exact) mass is 578 g/mol. The second kappa shape index (κ2) is 7.55. The molecule has 4 rings (SSSR count). The zero-order chi connectivity index (χ0) is 19.0. The number of hydrogen-bond acceptors (Lipinski definition) is 3. The summed E-state index contributed by atoms with van der Waals surface area (Å²) in [6, 6.07) is 20.3. The van der Waals surface area contributed by atoms with Crippen LogP contribution in [-0.2, 0) is 0 Å². The summed E-state index contributed by atoms with van der Waals surface area (Å²) in [5, 5.41) is 0. The van der Waals surface area contributed by atoms with Crippen LogP contribution in [0, 0.1) is 7.14 Å². The zero-order valence-electron chi connectivity index (χ0n) is 13.9. The molecule has 132 valence electrons. The molecule has 5 heteroatoms. The van der Waals surface area contributed by atoms with Crippen LogP contribution in [0.25, 0.3) is 6.08 Å². The van der Waals surface area contributed by atoms with Gasteiger partial charge < -0.3 is 4.74 Å². The van der Waals surface area contributed by atoms with E-state index in [9.17, 15) is 9.59 Å². The summed E-state index contributed by atoms with van der Waals surface area (Å²) >= 11 is 4.42. The summed E-state index contributed by atoms with van der Waals surface area (Å²) in [6.45, 7) is 0. The Morgan fingerprint density at radius 3 is 2.00 bits per heavy atom. The summed E-state index contributed by atoms with van der Waals surface area (Å²) in [5.74, 6) is 0.847. The molecule has 3 nitrogen and oxygen atoms in total. The number of Topliss-reactive ketones (excluding diaryl/α,β-unsaturated/α-hetero) is 2. The first-order valence-corrected chi connectivity index (χ1v) is 10.3. The molecular formula is C22H12I2O3. The highest BCUT2D eigenvalue weighted by molar-refractivity contribution is 14.1. The Hall–Kier alpha value is -2.00. The average Bonchev–Trinajstić information content (AvgIpc) is 2.91. The van der Waals surface area contributed by atoms with Crippen molar-refractivity contribution in [2.75, 3.05) is 0 Å². The lowest BCUT2D eigenvalue weighted by Gasteiger charge is -2.12. The van der Waals surface area contributed by atoms with Gasteiger partial charge in [-0.2, -0.15) is 0 Å². The Bertz CT molecular complexity index is 1060. The van der Waals surface area contributed by atoms with Crippen LogP contribution in [0.5, 0.6) is 11.5 Å². The van der Waals surface area contributed by atoms with Crippen molar-refractivity contribution in [2.24, 2.45) is 0 Å². The fourth-order valence-corrected chi connectivity index (χ4v) is 4.96. The maximum atomic E-state index is 12.7. The maximum Gasteiger partial charge on any atom is 0.197 e. The van der Waals surface area contributed by atoms with Crippen LogP contribution in [0.4, 0.5) is 0 Å². The van der Waals surface area contributed by atoms with E-state index >= 15 is 0 Å². The standard InChI is InChI=1S/C22H12I2O3/c23-14-10-13(22(19(24)12-14)27-15-6-2-1-3-7-15)11-18-20(25)16-8-4-5-9-17(16)21(18)26/h1-12H. The normalized spacial score (nSPS) is 12.9. The summed E-state index contributed by atoms with van der Waals surface area (Å²) in [6.07, 6.45) is 1.65. The van der Waals surface area contributed by atoms with E-state index in [0.717, 1.165) is 7.14 Å². The summed E-state index contributed by atoms with van der Waals surface area (Å²) in [5.41, 5.74) is 1.80. The van der Waals surface area contributed by atoms with Crippen molar-refractivity contribution in [3.8, 4) is 11.5 Å². The van der Waals surface area contributed by atoms with Gasteiger partial charge in [0.1, 0.15) is 11.5 Å². The molecular weight excluding hydrogens is 566 g/mol. The molecule has 27 heavy (non-hydrogen) atoms. The molecule has 0 saturated heterocycles. The maximum absolute atomic E-state index is 12.7. The van der Waals surface area contributed by atoms with Crippen molar-refractivity contribution in [3.63, 3.8) is 0 Å². The van der Waals surface area contributed by atoms with E-state index in [1.165, 1.54) is 0 Å². The first-order chi connectivity index (χ1) is 13.0. The summed E-state index contributed by atoms with van der Waals surface area (Å²) in [7, 11) is 0. The predicted molar refractivity (Wildman–Crippen MR) is 121 cm³/mol. The van der Waals surface area contributed by atoms with E-state index in [0.29, 0.717) is 28.2 Å². The quantitative estimate of drug-likeness (QED) is 0.213. The van der Waals surface area contributed by atoms with Crippen LogP contribution >= 0.6 is 45.2 Å². The largest absolute Gasteiger partial charge is 0.456 e. The molecule has 0 aliphatic heterocycles. The number of carbonyl (C=O) groups is 2. The van der Waals surface area contributed by atoms with Crippen molar-refractivity contribution in [2.45, 2.75) is 0 Å². The van der Waals surface area contributed by atoms with Crippen LogP contribution in [0.15, 0.2) is 72.3 Å². The lowest BCUT2D eigenvalue weighted by Crippen LogP contribution is -2.01. The Balaban J connectivity index is 1.82. The predicted octanol–water partition coefficient (Wildman–Crippen LogP) is 6.15. The van der Waals surface area contributed by atoms with Gasteiger partial charge in [-0.1, -0.05) is 42.5 Å². The van der Waals surface area contributed by atoms with Crippen LogP contribution in [-0.4, -0.2) is 11.6 Å². The second-order valence-corrected chi connectivity index (χ2v) is 8.39. The van der Waals surface area contributed by atoms with E-state index in [-0.39, 0.29) is 17.1 Å². The molecule has 0 bridgehead atoms. The lowest BCUT2D eigenvalue weighted by molar-refractivity contribution is 0.0990. The second-order valence-electron chi connectivity index (χ2n) is 5.98. The van der Waals surface area contributed by atoms with Gasteiger partial charge in [0.2, 0.25) is 0 Å². The SMILES string of the molecule is O=C1C(=Cc2cc(I)cc(I)c2Oc2ccccc2)C(=O)c2ccccc21. The molecule has 3 aromatic rings. The van der Waals surface area contributed by atoms with Gasteiger partial charge in [-0.05, 0) is 75.5 Å². The number of para-hydroxylation sites is 1. The Labute approximate surface area is 183 Å². The Kier molecular flexibility index (Phi) is 5.14. The third-order valence-electron chi connectivity index (χ3n) is 4.21. The topological polar surface area (TPSA) is 43.4 Å². The number of hydrogen-bond donors (Lipinski definition) is 0. The minimum atomic E-state index is -0.241. The molecule has 0 N–H and O–H groups in total. The van der Waals surface area contributed by atoms with Crippen molar-refractivity contribution in [1.82, 2.24) is 0 Å². The van der Waals surface area contributed by atoms with Gasteiger partial charge in [-0.15, -0.1) is 0 Å². The minimum absolute atomic E-state index is 0.173. The molecule has 0 radical (unpaired) electrons. The molecule has 0 heterocycles. The van der Waals surface area contributed by atoms with Gasteiger partial charge in [0.05, 0.1) is 9.14 Å². The molecule has 0 atom stereocenters. The van der Waals surface area contributed by atoms with E-state index in [4.69, 9.17) is 4.74 Å². The number of ketones is 2. The molecule has 0 amide bonds. The first kappa shape index (κ1) is 18.4. The highest BCUT2D eigenvalue weighted by atomic mass is 127. The van der Waals surface area contributed by atoms with E-state index in [1.807, 2.05) is 42.5 Å². The molecule has 0 unspecified atom stereocenters. The number of carbonyl (C=O) groups excluding carboxylic acids is 2. The fourth-order valence-electron chi connectivity index (χ4n) is 2.96. The zero-order valence-corrected chi connectivity index (χ0v) is 18.2. The highest BCUT2D eigenvalue weighted by Crippen LogP contribution is 2.36. The Morgan fingerprint density at radius 1 is 0.778 bits per heavy atom. The molecule has 0 fully saturated rings. The van der Waals surface area contributed by atoms with Gasteiger partial charge >= 0.3 is 0 Å². The van der Waals surface area contributed by atoms with Gasteiger partial charge in [0, 0.05) is 20.3 Å². The number of fused-ring (bicyclic) bond motifs is 1.